The van der Waals surface area contributed by atoms with Gasteiger partial charge in [0.1, 0.15) is 12.4 Å². The summed E-state index contributed by atoms with van der Waals surface area (Å²) < 4.78 is 17.9. The van der Waals surface area contributed by atoms with Crippen molar-refractivity contribution in [3.8, 4) is 5.75 Å². The molecule has 0 amide bonds. The zero-order chi connectivity index (χ0) is 11.4. The Morgan fingerprint density at radius 2 is 2.31 bits per heavy atom. The molecule has 3 heteroatoms. The van der Waals surface area contributed by atoms with E-state index in [-0.39, 0.29) is 0 Å². The number of rotatable bonds is 3. The molecular formula is C13H18FNO. The molecule has 1 aromatic carbocycles. The lowest BCUT2D eigenvalue weighted by atomic mass is 9.96. The molecule has 1 saturated heterocycles. The van der Waals surface area contributed by atoms with Crippen molar-refractivity contribution in [2.24, 2.45) is 0 Å². The van der Waals surface area contributed by atoms with E-state index in [0.29, 0.717) is 17.4 Å². The summed E-state index contributed by atoms with van der Waals surface area (Å²) in [6, 6.07) is 6.19. The van der Waals surface area contributed by atoms with Crippen LogP contribution >= 0.6 is 0 Å². The maximum atomic E-state index is 12.8. The summed E-state index contributed by atoms with van der Waals surface area (Å²) in [5.41, 5.74) is 1.82. The number of methoxy groups -OCH3 is 1. The van der Waals surface area contributed by atoms with Crippen LogP contribution in [0.3, 0.4) is 0 Å². The minimum absolute atomic E-state index is 0.380. The first-order valence-corrected chi connectivity index (χ1v) is 5.81. The Balaban J connectivity index is 2.20. The highest BCUT2D eigenvalue weighted by Gasteiger charge is 2.16. The van der Waals surface area contributed by atoms with E-state index in [0.717, 1.165) is 13.0 Å². The number of halogens is 1. The van der Waals surface area contributed by atoms with Crippen LogP contribution in [-0.2, 0) is 6.67 Å². The minimum Gasteiger partial charge on any atom is -0.496 e. The topological polar surface area (TPSA) is 21.3 Å². The van der Waals surface area contributed by atoms with Gasteiger partial charge in [0.05, 0.1) is 7.11 Å². The van der Waals surface area contributed by atoms with Crippen molar-refractivity contribution in [1.29, 1.82) is 0 Å². The summed E-state index contributed by atoms with van der Waals surface area (Å²) in [6.07, 6.45) is 3.62. The first kappa shape index (κ1) is 11.4. The maximum Gasteiger partial charge on any atom is 0.124 e. The molecular weight excluding hydrogens is 205 g/mol. The molecule has 0 aromatic heterocycles. The third-order valence-corrected chi connectivity index (χ3v) is 3.16. The Morgan fingerprint density at radius 1 is 1.44 bits per heavy atom. The molecule has 1 fully saturated rings. The maximum absolute atomic E-state index is 12.8. The molecule has 0 bridgehead atoms. The molecule has 1 atom stereocenters. The molecule has 16 heavy (non-hydrogen) atoms. The molecule has 1 aliphatic rings. The number of benzene rings is 1. The van der Waals surface area contributed by atoms with E-state index in [1.807, 2.05) is 18.2 Å². The van der Waals surface area contributed by atoms with E-state index >= 15 is 0 Å². The predicted molar refractivity (Wildman–Crippen MR) is 62.4 cm³/mol. The lowest BCUT2D eigenvalue weighted by Crippen LogP contribution is -2.26. The van der Waals surface area contributed by atoms with Gasteiger partial charge in [0, 0.05) is 11.6 Å². The molecule has 2 nitrogen and oxygen atoms in total. The van der Waals surface area contributed by atoms with E-state index in [4.69, 9.17) is 4.74 Å². The van der Waals surface area contributed by atoms with E-state index < -0.39 is 6.67 Å². The number of nitrogens with one attached hydrogen (secondary N) is 1. The van der Waals surface area contributed by atoms with Crippen LogP contribution in [0, 0.1) is 0 Å². The molecule has 0 saturated carbocycles. The van der Waals surface area contributed by atoms with Crippen molar-refractivity contribution < 1.29 is 9.13 Å². The summed E-state index contributed by atoms with van der Waals surface area (Å²) in [7, 11) is 1.58. The zero-order valence-corrected chi connectivity index (χ0v) is 9.63. The van der Waals surface area contributed by atoms with Crippen LogP contribution in [0.5, 0.6) is 5.75 Å². The van der Waals surface area contributed by atoms with Gasteiger partial charge in [-0.15, -0.1) is 0 Å². The first-order chi connectivity index (χ1) is 7.85. The van der Waals surface area contributed by atoms with E-state index in [9.17, 15) is 4.39 Å². The fourth-order valence-electron chi connectivity index (χ4n) is 2.26. The Morgan fingerprint density at radius 3 is 2.94 bits per heavy atom. The van der Waals surface area contributed by atoms with Crippen LogP contribution in [0.25, 0.3) is 0 Å². The summed E-state index contributed by atoms with van der Waals surface area (Å²) in [6.45, 7) is 0.589. The minimum atomic E-state index is -0.469. The molecule has 1 unspecified atom stereocenters. The monoisotopic (exact) mass is 223 g/mol. The average molecular weight is 223 g/mol. The Labute approximate surface area is 95.8 Å². The number of alkyl halides is 1. The quantitative estimate of drug-likeness (QED) is 0.850. The van der Waals surface area contributed by atoms with Gasteiger partial charge in [-0.05, 0) is 37.1 Å². The Bertz CT molecular complexity index is 348. The number of piperidine rings is 1. The van der Waals surface area contributed by atoms with Crippen molar-refractivity contribution in [2.75, 3.05) is 13.7 Å². The van der Waals surface area contributed by atoms with Crippen molar-refractivity contribution in [3.63, 3.8) is 0 Å². The average Bonchev–Trinajstić information content (AvgIpc) is 2.39. The highest BCUT2D eigenvalue weighted by atomic mass is 19.1. The third kappa shape index (κ3) is 2.35. The van der Waals surface area contributed by atoms with Gasteiger partial charge in [-0.2, -0.15) is 0 Å². The highest BCUT2D eigenvalue weighted by molar-refractivity contribution is 5.38. The Kier molecular flexibility index (Phi) is 3.78. The van der Waals surface area contributed by atoms with Gasteiger partial charge in [0.15, 0.2) is 0 Å². The van der Waals surface area contributed by atoms with Crippen LogP contribution in [0.4, 0.5) is 4.39 Å². The zero-order valence-electron chi connectivity index (χ0n) is 9.63. The fraction of sp³-hybridized carbons (Fsp3) is 0.538. The molecule has 88 valence electrons. The van der Waals surface area contributed by atoms with Gasteiger partial charge < -0.3 is 10.1 Å². The first-order valence-electron chi connectivity index (χ1n) is 5.81. The fourth-order valence-corrected chi connectivity index (χ4v) is 2.26. The molecule has 1 heterocycles. The van der Waals surface area contributed by atoms with Gasteiger partial charge in [0.25, 0.3) is 0 Å². The van der Waals surface area contributed by atoms with Gasteiger partial charge in [-0.1, -0.05) is 12.5 Å². The van der Waals surface area contributed by atoms with E-state index in [1.54, 1.807) is 7.11 Å². The summed E-state index contributed by atoms with van der Waals surface area (Å²) >= 11 is 0. The summed E-state index contributed by atoms with van der Waals surface area (Å²) in [4.78, 5) is 0. The molecule has 0 radical (unpaired) electrons. The van der Waals surface area contributed by atoms with E-state index in [2.05, 4.69) is 5.32 Å². The van der Waals surface area contributed by atoms with Crippen LogP contribution in [-0.4, -0.2) is 13.7 Å². The second kappa shape index (κ2) is 5.30. The van der Waals surface area contributed by atoms with E-state index in [1.165, 1.54) is 18.4 Å². The molecule has 1 aromatic rings. The number of hydrogen-bond acceptors (Lipinski definition) is 2. The van der Waals surface area contributed by atoms with Crippen molar-refractivity contribution >= 4 is 0 Å². The van der Waals surface area contributed by atoms with Crippen LogP contribution in [0.1, 0.15) is 36.4 Å². The summed E-state index contributed by atoms with van der Waals surface area (Å²) in [5, 5.41) is 3.46. The molecule has 1 N–H and O–H groups in total. The highest BCUT2D eigenvalue weighted by Crippen LogP contribution is 2.28. The van der Waals surface area contributed by atoms with Gasteiger partial charge in [-0.25, -0.2) is 4.39 Å². The smallest absolute Gasteiger partial charge is 0.124 e. The number of ether oxygens (including phenoxy) is 1. The van der Waals surface area contributed by atoms with Gasteiger partial charge in [0.2, 0.25) is 0 Å². The molecule has 1 aliphatic heterocycles. The molecule has 0 aliphatic carbocycles. The largest absolute Gasteiger partial charge is 0.496 e. The van der Waals surface area contributed by atoms with Crippen molar-refractivity contribution in [1.82, 2.24) is 5.32 Å². The van der Waals surface area contributed by atoms with Crippen LogP contribution in [0.2, 0.25) is 0 Å². The second-order valence-electron chi connectivity index (χ2n) is 4.21. The number of hydrogen-bond donors (Lipinski definition) is 1. The van der Waals surface area contributed by atoms with Gasteiger partial charge in [-0.3, -0.25) is 0 Å². The second-order valence-corrected chi connectivity index (χ2v) is 4.21. The third-order valence-electron chi connectivity index (χ3n) is 3.16. The van der Waals surface area contributed by atoms with Crippen molar-refractivity contribution in [3.05, 3.63) is 29.3 Å². The van der Waals surface area contributed by atoms with Crippen molar-refractivity contribution in [2.45, 2.75) is 32.0 Å². The summed E-state index contributed by atoms with van der Waals surface area (Å²) in [5.74, 6) is 0.641. The van der Waals surface area contributed by atoms with Crippen LogP contribution < -0.4 is 10.1 Å². The normalized spacial score (nSPS) is 20.8. The molecule has 0 spiro atoms. The molecule has 2 rings (SSSR count). The SMILES string of the molecule is COc1ccc(C2CCCCN2)cc1CF. The Hall–Kier alpha value is -1.09. The lowest BCUT2D eigenvalue weighted by molar-refractivity contribution is 0.389. The lowest BCUT2D eigenvalue weighted by Gasteiger charge is -2.24. The standard InChI is InChI=1S/C13H18FNO/c1-16-13-6-5-10(8-11(13)9-14)12-4-2-3-7-15-12/h5-6,8,12,15H,2-4,7,9H2,1H3. The predicted octanol–water partition coefficient (Wildman–Crippen LogP) is 2.98. The van der Waals surface area contributed by atoms with Crippen LogP contribution in [0.15, 0.2) is 18.2 Å². The van der Waals surface area contributed by atoms with Gasteiger partial charge >= 0.3 is 0 Å².